The number of carbonyl (C=O) groups excluding carboxylic acids is 1. The van der Waals surface area contributed by atoms with Crippen LogP contribution >= 0.6 is 15.9 Å². The summed E-state index contributed by atoms with van der Waals surface area (Å²) < 4.78 is 6.47. The molecule has 2 aromatic rings. The quantitative estimate of drug-likeness (QED) is 0.856. The van der Waals surface area contributed by atoms with Gasteiger partial charge in [0.1, 0.15) is 11.5 Å². The molecule has 0 radical (unpaired) electrons. The summed E-state index contributed by atoms with van der Waals surface area (Å²) >= 11 is 3.31. The van der Waals surface area contributed by atoms with Crippen molar-refractivity contribution in [2.45, 2.75) is 0 Å². The van der Waals surface area contributed by atoms with E-state index in [2.05, 4.69) is 15.9 Å². The van der Waals surface area contributed by atoms with Crippen molar-refractivity contribution in [1.82, 2.24) is 0 Å². The van der Waals surface area contributed by atoms with Crippen LogP contribution in [-0.4, -0.2) is 5.91 Å². The van der Waals surface area contributed by atoms with Gasteiger partial charge in [-0.15, -0.1) is 0 Å². The monoisotopic (exact) mass is 306 g/mol. The molecule has 0 aliphatic rings. The van der Waals surface area contributed by atoms with Crippen LogP contribution in [0.4, 0.5) is 5.69 Å². The Kier molecular flexibility index (Phi) is 3.53. The SMILES string of the molecule is NC(=O)c1ccccc1Oc1ccc(Br)cc1N. The van der Waals surface area contributed by atoms with Crippen molar-refractivity contribution in [1.29, 1.82) is 0 Å². The Balaban J connectivity index is 2.37. The fourth-order valence-electron chi connectivity index (χ4n) is 1.49. The van der Waals surface area contributed by atoms with Gasteiger partial charge in [0.25, 0.3) is 5.91 Å². The molecule has 0 saturated carbocycles. The number of ether oxygens (including phenoxy) is 1. The van der Waals surface area contributed by atoms with E-state index < -0.39 is 5.91 Å². The lowest BCUT2D eigenvalue weighted by atomic mass is 10.2. The maximum Gasteiger partial charge on any atom is 0.252 e. The third-order valence-electron chi connectivity index (χ3n) is 2.34. The molecule has 0 bridgehead atoms. The molecule has 2 rings (SSSR count). The van der Waals surface area contributed by atoms with Gasteiger partial charge in [0.2, 0.25) is 0 Å². The summed E-state index contributed by atoms with van der Waals surface area (Å²) in [5, 5.41) is 0. The highest BCUT2D eigenvalue weighted by molar-refractivity contribution is 9.10. The molecule has 0 aromatic heterocycles. The molecule has 18 heavy (non-hydrogen) atoms. The minimum Gasteiger partial charge on any atom is -0.454 e. The predicted octanol–water partition coefficient (Wildman–Crippen LogP) is 2.92. The maximum atomic E-state index is 11.3. The van der Waals surface area contributed by atoms with Gasteiger partial charge in [-0.25, -0.2) is 0 Å². The summed E-state index contributed by atoms with van der Waals surface area (Å²) in [6, 6.07) is 12.0. The molecule has 4 N–H and O–H groups in total. The number of carbonyl (C=O) groups is 1. The van der Waals surface area contributed by atoms with E-state index >= 15 is 0 Å². The van der Waals surface area contributed by atoms with Gasteiger partial charge < -0.3 is 16.2 Å². The highest BCUT2D eigenvalue weighted by Crippen LogP contribution is 2.31. The van der Waals surface area contributed by atoms with Gasteiger partial charge in [0.15, 0.2) is 0 Å². The zero-order valence-electron chi connectivity index (χ0n) is 9.39. The van der Waals surface area contributed by atoms with E-state index in [1.807, 2.05) is 0 Å². The minimum absolute atomic E-state index is 0.319. The lowest BCUT2D eigenvalue weighted by Crippen LogP contribution is -2.12. The number of halogens is 1. The van der Waals surface area contributed by atoms with Crippen LogP contribution in [0.2, 0.25) is 0 Å². The van der Waals surface area contributed by atoms with Gasteiger partial charge in [0, 0.05) is 4.47 Å². The summed E-state index contributed by atoms with van der Waals surface area (Å²) in [5.41, 5.74) is 11.9. The van der Waals surface area contributed by atoms with Gasteiger partial charge in [-0.3, -0.25) is 4.79 Å². The van der Waals surface area contributed by atoms with Crippen molar-refractivity contribution in [3.63, 3.8) is 0 Å². The zero-order valence-corrected chi connectivity index (χ0v) is 11.0. The third-order valence-corrected chi connectivity index (χ3v) is 2.84. The topological polar surface area (TPSA) is 78.3 Å². The number of rotatable bonds is 3. The van der Waals surface area contributed by atoms with Crippen LogP contribution in [0.25, 0.3) is 0 Å². The lowest BCUT2D eigenvalue weighted by Gasteiger charge is -2.11. The Morgan fingerprint density at radius 1 is 1.11 bits per heavy atom. The van der Waals surface area contributed by atoms with Gasteiger partial charge in [-0.1, -0.05) is 28.1 Å². The Labute approximate surface area is 113 Å². The number of para-hydroxylation sites is 1. The third kappa shape index (κ3) is 2.62. The number of hydrogen-bond donors (Lipinski definition) is 2. The maximum absolute atomic E-state index is 11.3. The fourth-order valence-corrected chi connectivity index (χ4v) is 1.87. The highest BCUT2D eigenvalue weighted by Gasteiger charge is 2.10. The van der Waals surface area contributed by atoms with Crippen molar-refractivity contribution in [2.75, 3.05) is 5.73 Å². The molecule has 0 spiro atoms. The van der Waals surface area contributed by atoms with E-state index in [4.69, 9.17) is 16.2 Å². The van der Waals surface area contributed by atoms with Crippen LogP contribution in [0.15, 0.2) is 46.9 Å². The minimum atomic E-state index is -0.540. The smallest absolute Gasteiger partial charge is 0.252 e. The van der Waals surface area contributed by atoms with E-state index in [0.29, 0.717) is 22.7 Å². The Morgan fingerprint density at radius 3 is 2.50 bits per heavy atom. The molecular weight excluding hydrogens is 296 g/mol. The molecular formula is C13H11BrN2O2. The molecule has 0 atom stereocenters. The van der Waals surface area contributed by atoms with Crippen molar-refractivity contribution >= 4 is 27.5 Å². The number of nitrogen functional groups attached to an aromatic ring is 1. The van der Waals surface area contributed by atoms with Crippen LogP contribution in [0, 0.1) is 0 Å². The molecule has 0 aliphatic heterocycles. The number of amides is 1. The molecule has 0 heterocycles. The molecule has 4 nitrogen and oxygen atoms in total. The Hall–Kier alpha value is -2.01. The summed E-state index contributed by atoms with van der Waals surface area (Å²) in [7, 11) is 0. The number of benzene rings is 2. The Morgan fingerprint density at radius 2 is 1.83 bits per heavy atom. The first kappa shape index (κ1) is 12.4. The lowest BCUT2D eigenvalue weighted by molar-refractivity contribution is 0.0998. The molecule has 1 amide bonds. The molecule has 0 unspecified atom stereocenters. The van der Waals surface area contributed by atoms with Crippen molar-refractivity contribution in [2.24, 2.45) is 5.73 Å². The number of nitrogens with two attached hydrogens (primary N) is 2. The van der Waals surface area contributed by atoms with Crippen molar-refractivity contribution < 1.29 is 9.53 Å². The molecule has 0 fully saturated rings. The summed E-state index contributed by atoms with van der Waals surface area (Å²) in [6.07, 6.45) is 0. The van der Waals surface area contributed by atoms with Crippen LogP contribution in [0.5, 0.6) is 11.5 Å². The number of anilines is 1. The summed E-state index contributed by atoms with van der Waals surface area (Å²) in [5.74, 6) is 0.326. The van der Waals surface area contributed by atoms with Crippen LogP contribution < -0.4 is 16.2 Å². The first-order valence-corrected chi connectivity index (χ1v) is 5.99. The van der Waals surface area contributed by atoms with Crippen LogP contribution in [0.1, 0.15) is 10.4 Å². The number of hydrogen-bond acceptors (Lipinski definition) is 3. The Bertz CT molecular complexity index is 599. The standard InChI is InChI=1S/C13H11BrN2O2/c14-8-5-6-12(10(15)7-8)18-11-4-2-1-3-9(11)13(16)17/h1-7H,15H2,(H2,16,17). The van der Waals surface area contributed by atoms with E-state index in [9.17, 15) is 4.79 Å². The van der Waals surface area contributed by atoms with Crippen molar-refractivity contribution in [3.05, 3.63) is 52.5 Å². The first-order valence-electron chi connectivity index (χ1n) is 5.19. The van der Waals surface area contributed by atoms with Crippen LogP contribution in [0.3, 0.4) is 0 Å². The highest BCUT2D eigenvalue weighted by atomic mass is 79.9. The van der Waals surface area contributed by atoms with Gasteiger partial charge in [-0.2, -0.15) is 0 Å². The molecule has 0 saturated heterocycles. The molecule has 92 valence electrons. The van der Waals surface area contributed by atoms with E-state index in [-0.39, 0.29) is 0 Å². The fraction of sp³-hybridized carbons (Fsp3) is 0. The largest absolute Gasteiger partial charge is 0.454 e. The van der Waals surface area contributed by atoms with Crippen LogP contribution in [-0.2, 0) is 0 Å². The summed E-state index contributed by atoms with van der Waals surface area (Å²) in [4.78, 5) is 11.3. The average molecular weight is 307 g/mol. The molecule has 2 aromatic carbocycles. The number of primary amides is 1. The predicted molar refractivity (Wildman–Crippen MR) is 73.6 cm³/mol. The second kappa shape index (κ2) is 5.10. The summed E-state index contributed by atoms with van der Waals surface area (Å²) in [6.45, 7) is 0. The second-order valence-electron chi connectivity index (χ2n) is 3.64. The van der Waals surface area contributed by atoms with Gasteiger partial charge in [-0.05, 0) is 30.3 Å². The van der Waals surface area contributed by atoms with E-state index in [0.717, 1.165) is 4.47 Å². The average Bonchev–Trinajstić information content (AvgIpc) is 2.33. The van der Waals surface area contributed by atoms with Gasteiger partial charge in [0.05, 0.1) is 11.3 Å². The molecule has 5 heteroatoms. The normalized spacial score (nSPS) is 10.1. The van der Waals surface area contributed by atoms with Gasteiger partial charge >= 0.3 is 0 Å². The first-order chi connectivity index (χ1) is 8.58. The zero-order chi connectivity index (χ0) is 13.1. The molecule has 0 aliphatic carbocycles. The van der Waals surface area contributed by atoms with E-state index in [1.54, 1.807) is 42.5 Å². The van der Waals surface area contributed by atoms with Crippen molar-refractivity contribution in [3.8, 4) is 11.5 Å². The van der Waals surface area contributed by atoms with E-state index in [1.165, 1.54) is 0 Å². The second-order valence-corrected chi connectivity index (χ2v) is 4.56.